The molecule has 0 saturated carbocycles. The van der Waals surface area contributed by atoms with Crippen molar-refractivity contribution in [2.45, 2.75) is 25.3 Å². The molecule has 1 aliphatic heterocycles. The maximum atomic E-state index is 5.68. The topological polar surface area (TPSA) is 64.6 Å². The standard InChI is InChI=1S/C12H18N4OS/c13-15-11(9-2-1-4-17-8-9)6-10-7-16-3-5-18-12(16)14-10/h3,5,7,9,11,15H,1-2,4,6,8,13H2. The lowest BCUT2D eigenvalue weighted by molar-refractivity contribution is 0.0392. The van der Waals surface area contributed by atoms with E-state index in [4.69, 9.17) is 10.6 Å². The fraction of sp³-hybridized carbons (Fsp3) is 0.583. The van der Waals surface area contributed by atoms with Gasteiger partial charge < -0.3 is 4.74 Å². The van der Waals surface area contributed by atoms with Crippen LogP contribution in [0.4, 0.5) is 0 Å². The molecule has 98 valence electrons. The summed E-state index contributed by atoms with van der Waals surface area (Å²) >= 11 is 1.65. The third-order valence-electron chi connectivity index (χ3n) is 3.55. The van der Waals surface area contributed by atoms with Gasteiger partial charge in [-0.3, -0.25) is 15.7 Å². The zero-order chi connectivity index (χ0) is 12.4. The van der Waals surface area contributed by atoms with Crippen LogP contribution < -0.4 is 11.3 Å². The zero-order valence-corrected chi connectivity index (χ0v) is 11.0. The number of fused-ring (bicyclic) bond motifs is 1. The molecule has 0 bridgehead atoms. The highest BCUT2D eigenvalue weighted by molar-refractivity contribution is 7.15. The molecular weight excluding hydrogens is 248 g/mol. The van der Waals surface area contributed by atoms with Crippen molar-refractivity contribution >= 4 is 16.3 Å². The highest BCUT2D eigenvalue weighted by Crippen LogP contribution is 2.20. The van der Waals surface area contributed by atoms with Crippen LogP contribution in [0.2, 0.25) is 0 Å². The summed E-state index contributed by atoms with van der Waals surface area (Å²) in [7, 11) is 0. The first-order chi connectivity index (χ1) is 8.86. The Morgan fingerprint density at radius 1 is 1.67 bits per heavy atom. The van der Waals surface area contributed by atoms with E-state index in [9.17, 15) is 0 Å². The molecule has 0 aromatic carbocycles. The lowest BCUT2D eigenvalue weighted by Crippen LogP contribution is -2.45. The number of nitrogens with two attached hydrogens (primary N) is 1. The van der Waals surface area contributed by atoms with Crippen LogP contribution in [-0.4, -0.2) is 28.6 Å². The van der Waals surface area contributed by atoms with Gasteiger partial charge in [0.2, 0.25) is 0 Å². The first kappa shape index (κ1) is 12.1. The summed E-state index contributed by atoms with van der Waals surface area (Å²) in [4.78, 5) is 5.64. The molecule has 2 aromatic heterocycles. The molecule has 3 rings (SSSR count). The van der Waals surface area contributed by atoms with Crippen molar-refractivity contribution in [3.63, 3.8) is 0 Å². The van der Waals surface area contributed by atoms with Gasteiger partial charge in [0, 0.05) is 36.8 Å². The smallest absolute Gasteiger partial charge is 0.193 e. The van der Waals surface area contributed by atoms with E-state index in [-0.39, 0.29) is 6.04 Å². The van der Waals surface area contributed by atoms with Gasteiger partial charge in [-0.15, -0.1) is 11.3 Å². The summed E-state index contributed by atoms with van der Waals surface area (Å²) in [6.07, 6.45) is 7.28. The molecule has 1 aliphatic rings. The number of hydrogen-bond donors (Lipinski definition) is 2. The molecule has 6 heteroatoms. The monoisotopic (exact) mass is 266 g/mol. The molecule has 0 spiro atoms. The van der Waals surface area contributed by atoms with Crippen molar-refractivity contribution < 1.29 is 4.74 Å². The lowest BCUT2D eigenvalue weighted by Gasteiger charge is -2.29. The van der Waals surface area contributed by atoms with Crippen molar-refractivity contribution in [2.24, 2.45) is 11.8 Å². The molecular formula is C12H18N4OS. The third kappa shape index (κ3) is 2.42. The minimum absolute atomic E-state index is 0.245. The molecule has 1 saturated heterocycles. The van der Waals surface area contributed by atoms with Crippen LogP contribution in [0.3, 0.4) is 0 Å². The van der Waals surface area contributed by atoms with Gasteiger partial charge >= 0.3 is 0 Å². The quantitative estimate of drug-likeness (QED) is 0.644. The zero-order valence-electron chi connectivity index (χ0n) is 10.2. The Morgan fingerprint density at radius 2 is 2.61 bits per heavy atom. The molecule has 3 N–H and O–H groups in total. The molecule has 3 heterocycles. The first-order valence-corrected chi connectivity index (χ1v) is 7.20. The highest BCUT2D eigenvalue weighted by Gasteiger charge is 2.24. The normalized spacial score (nSPS) is 22.4. The van der Waals surface area contributed by atoms with Crippen LogP contribution >= 0.6 is 11.3 Å². The fourth-order valence-electron chi connectivity index (χ4n) is 2.54. The average molecular weight is 266 g/mol. The molecule has 0 radical (unpaired) electrons. The summed E-state index contributed by atoms with van der Waals surface area (Å²) < 4.78 is 7.59. The number of nitrogens with zero attached hydrogens (tertiary/aromatic N) is 2. The summed E-state index contributed by atoms with van der Waals surface area (Å²) in [5.41, 5.74) is 4.02. The Balaban J connectivity index is 1.70. The fourth-order valence-corrected chi connectivity index (χ4v) is 3.26. The first-order valence-electron chi connectivity index (χ1n) is 6.32. The summed E-state index contributed by atoms with van der Waals surface area (Å²) in [6.45, 7) is 1.69. The Labute approximate surface area is 110 Å². The summed E-state index contributed by atoms with van der Waals surface area (Å²) in [5.74, 6) is 6.17. The van der Waals surface area contributed by atoms with Crippen LogP contribution in [-0.2, 0) is 11.2 Å². The summed E-state index contributed by atoms with van der Waals surface area (Å²) in [6, 6.07) is 0.245. The molecule has 0 amide bonds. The lowest BCUT2D eigenvalue weighted by atomic mass is 9.91. The van der Waals surface area contributed by atoms with Crippen molar-refractivity contribution in [3.05, 3.63) is 23.5 Å². The van der Waals surface area contributed by atoms with E-state index >= 15 is 0 Å². The van der Waals surface area contributed by atoms with Crippen LogP contribution in [0.5, 0.6) is 0 Å². The van der Waals surface area contributed by atoms with Crippen LogP contribution in [0.15, 0.2) is 17.8 Å². The van der Waals surface area contributed by atoms with E-state index in [1.807, 2.05) is 11.6 Å². The predicted octanol–water partition coefficient (Wildman–Crippen LogP) is 1.20. The Bertz CT molecular complexity index is 474. The Hall–Kier alpha value is -0.950. The van der Waals surface area contributed by atoms with E-state index in [1.54, 1.807) is 11.3 Å². The van der Waals surface area contributed by atoms with E-state index in [2.05, 4.69) is 21.0 Å². The average Bonchev–Trinajstić information content (AvgIpc) is 2.97. The van der Waals surface area contributed by atoms with Gasteiger partial charge in [0.25, 0.3) is 0 Å². The second kappa shape index (κ2) is 5.36. The maximum absolute atomic E-state index is 5.68. The number of ether oxygens (including phenoxy) is 1. The Morgan fingerprint density at radius 3 is 3.33 bits per heavy atom. The summed E-state index contributed by atoms with van der Waals surface area (Å²) in [5, 5.41) is 2.04. The second-order valence-electron chi connectivity index (χ2n) is 4.78. The number of thiazole rings is 1. The van der Waals surface area contributed by atoms with Gasteiger partial charge in [0.15, 0.2) is 4.96 Å². The maximum Gasteiger partial charge on any atom is 0.193 e. The van der Waals surface area contributed by atoms with Crippen molar-refractivity contribution in [1.29, 1.82) is 0 Å². The van der Waals surface area contributed by atoms with Gasteiger partial charge in [0.05, 0.1) is 12.3 Å². The number of hydrogen-bond acceptors (Lipinski definition) is 5. The van der Waals surface area contributed by atoms with Crippen molar-refractivity contribution in [3.8, 4) is 0 Å². The van der Waals surface area contributed by atoms with Gasteiger partial charge in [-0.25, -0.2) is 4.98 Å². The van der Waals surface area contributed by atoms with Gasteiger partial charge in [0.1, 0.15) is 0 Å². The van der Waals surface area contributed by atoms with Crippen molar-refractivity contribution in [1.82, 2.24) is 14.8 Å². The van der Waals surface area contributed by atoms with Crippen molar-refractivity contribution in [2.75, 3.05) is 13.2 Å². The van der Waals surface area contributed by atoms with E-state index < -0.39 is 0 Å². The number of rotatable bonds is 4. The molecule has 0 aliphatic carbocycles. The highest BCUT2D eigenvalue weighted by atomic mass is 32.1. The van der Waals surface area contributed by atoms with Crippen LogP contribution in [0.1, 0.15) is 18.5 Å². The van der Waals surface area contributed by atoms with Gasteiger partial charge in [-0.1, -0.05) is 0 Å². The largest absolute Gasteiger partial charge is 0.381 e. The van der Waals surface area contributed by atoms with Crippen LogP contribution in [0.25, 0.3) is 4.96 Å². The molecule has 2 atom stereocenters. The minimum atomic E-state index is 0.245. The number of aromatic nitrogens is 2. The molecule has 1 fully saturated rings. The van der Waals surface area contributed by atoms with E-state index in [0.717, 1.165) is 36.7 Å². The minimum Gasteiger partial charge on any atom is -0.381 e. The molecule has 2 unspecified atom stereocenters. The van der Waals surface area contributed by atoms with Gasteiger partial charge in [-0.05, 0) is 18.8 Å². The van der Waals surface area contributed by atoms with Crippen LogP contribution in [0, 0.1) is 5.92 Å². The van der Waals surface area contributed by atoms with E-state index in [0.29, 0.717) is 5.92 Å². The predicted molar refractivity (Wildman–Crippen MR) is 71.4 cm³/mol. The number of hydrazine groups is 1. The Kier molecular flexibility index (Phi) is 3.60. The van der Waals surface area contributed by atoms with Gasteiger partial charge in [-0.2, -0.15) is 0 Å². The molecule has 5 nitrogen and oxygen atoms in total. The molecule has 2 aromatic rings. The second-order valence-corrected chi connectivity index (χ2v) is 5.65. The third-order valence-corrected chi connectivity index (χ3v) is 4.32. The number of imidazole rings is 1. The SMILES string of the molecule is NNC(Cc1cn2ccsc2n1)C1CCCOC1. The van der Waals surface area contributed by atoms with E-state index in [1.165, 1.54) is 6.42 Å². The molecule has 18 heavy (non-hydrogen) atoms. The number of nitrogens with one attached hydrogen (secondary N) is 1.